The van der Waals surface area contributed by atoms with E-state index < -0.39 is 11.5 Å². The smallest absolute Gasteiger partial charge is 0.339 e. The standard InChI is InChI=1S/C55H52N6O5/c1-4-34-65-52-49(54(63)64)32-33-50(53(52)66-38(2)3)60-47-26-24-43(25-27-47)57-37-48(59-46-30-28-45(29-31-46)58-44-22-20-39(36-56)21-23-44)35-51(62)61-55(40-14-8-5-9-15-40,41-16-10-6-11-17-41)42-18-12-7-13-19-42/h4-33,38,48,57-60H,1,34-35,37H2,2-3H3,(H,61,62)(H,63,64)/t48-/m0/s1. The maximum Gasteiger partial charge on any atom is 0.339 e. The lowest BCUT2D eigenvalue weighted by Gasteiger charge is -2.37. The number of carboxylic acids is 1. The molecule has 7 rings (SSSR count). The number of hydrogen-bond donors (Lipinski definition) is 6. The molecule has 0 fully saturated rings. The van der Waals surface area contributed by atoms with Crippen molar-refractivity contribution in [3.05, 3.63) is 216 Å². The highest BCUT2D eigenvalue weighted by molar-refractivity contribution is 5.94. The number of carboxylic acid groups (broad SMARTS) is 1. The fraction of sp³-hybridized carbons (Fsp3) is 0.145. The Labute approximate surface area is 385 Å². The van der Waals surface area contributed by atoms with E-state index in [0.717, 1.165) is 45.1 Å². The van der Waals surface area contributed by atoms with Gasteiger partial charge in [0.05, 0.1) is 29.5 Å². The van der Waals surface area contributed by atoms with Gasteiger partial charge in [0.1, 0.15) is 17.7 Å². The lowest BCUT2D eigenvalue weighted by Crippen LogP contribution is -2.49. The molecule has 6 N–H and O–H groups in total. The number of nitriles is 1. The van der Waals surface area contributed by atoms with Crippen LogP contribution in [0, 0.1) is 11.3 Å². The molecule has 1 atom stereocenters. The Kier molecular flexibility index (Phi) is 15.0. The third-order valence-electron chi connectivity index (χ3n) is 10.7. The number of rotatable bonds is 21. The van der Waals surface area contributed by atoms with Crippen LogP contribution in [0.3, 0.4) is 0 Å². The summed E-state index contributed by atoms with van der Waals surface area (Å²) in [7, 11) is 0. The van der Waals surface area contributed by atoms with Gasteiger partial charge in [0.2, 0.25) is 5.91 Å². The van der Waals surface area contributed by atoms with Crippen LogP contribution in [0.1, 0.15) is 52.9 Å². The molecule has 1 amide bonds. The van der Waals surface area contributed by atoms with E-state index in [9.17, 15) is 20.0 Å². The minimum atomic E-state index is -1.13. The van der Waals surface area contributed by atoms with Gasteiger partial charge >= 0.3 is 5.97 Å². The topological polar surface area (TPSA) is 157 Å². The van der Waals surface area contributed by atoms with Crippen molar-refractivity contribution in [1.29, 1.82) is 5.26 Å². The van der Waals surface area contributed by atoms with Gasteiger partial charge in [-0.15, -0.1) is 0 Å². The van der Waals surface area contributed by atoms with Gasteiger partial charge in [-0.25, -0.2) is 4.79 Å². The molecule has 0 saturated heterocycles. The maximum absolute atomic E-state index is 14.7. The number of ether oxygens (including phenoxy) is 2. The minimum absolute atomic E-state index is 0.0176. The fourth-order valence-electron chi connectivity index (χ4n) is 7.66. The predicted octanol–water partition coefficient (Wildman–Crippen LogP) is 11.5. The summed E-state index contributed by atoms with van der Waals surface area (Å²) in [5.74, 6) is -0.886. The van der Waals surface area contributed by atoms with Gasteiger partial charge in [-0.1, -0.05) is 104 Å². The molecule has 0 aromatic heterocycles. The molecule has 0 heterocycles. The number of anilines is 6. The first-order valence-corrected chi connectivity index (χ1v) is 21.7. The molecule has 7 aromatic carbocycles. The summed E-state index contributed by atoms with van der Waals surface area (Å²) in [6.45, 7) is 7.91. The molecule has 0 spiro atoms. The van der Waals surface area contributed by atoms with Crippen LogP contribution in [0.4, 0.5) is 34.1 Å². The van der Waals surface area contributed by atoms with Crippen LogP contribution in [0.25, 0.3) is 0 Å². The number of benzene rings is 7. The van der Waals surface area contributed by atoms with E-state index in [1.165, 1.54) is 6.07 Å². The maximum atomic E-state index is 14.7. The van der Waals surface area contributed by atoms with Crippen LogP contribution in [-0.4, -0.2) is 42.3 Å². The van der Waals surface area contributed by atoms with E-state index in [4.69, 9.17) is 9.47 Å². The van der Waals surface area contributed by atoms with Crippen LogP contribution in [0.5, 0.6) is 11.5 Å². The second-order valence-electron chi connectivity index (χ2n) is 15.8. The summed E-state index contributed by atoms with van der Waals surface area (Å²) in [4.78, 5) is 26.8. The molecule has 0 saturated carbocycles. The van der Waals surface area contributed by atoms with Gasteiger partial charge in [0.25, 0.3) is 0 Å². The van der Waals surface area contributed by atoms with E-state index in [0.29, 0.717) is 17.8 Å². The van der Waals surface area contributed by atoms with Crippen LogP contribution in [0.2, 0.25) is 0 Å². The minimum Gasteiger partial charge on any atom is -0.485 e. The quantitative estimate of drug-likeness (QED) is 0.0303. The lowest BCUT2D eigenvalue weighted by atomic mass is 9.77. The Balaban J connectivity index is 1.14. The highest BCUT2D eigenvalue weighted by Crippen LogP contribution is 2.41. The number of hydrogen-bond acceptors (Lipinski definition) is 9. The van der Waals surface area contributed by atoms with Gasteiger partial charge in [0, 0.05) is 41.4 Å². The van der Waals surface area contributed by atoms with Crippen molar-refractivity contribution in [2.45, 2.75) is 38.0 Å². The van der Waals surface area contributed by atoms with Crippen molar-refractivity contribution in [1.82, 2.24) is 5.32 Å². The largest absolute Gasteiger partial charge is 0.485 e. The molecule has 0 aliphatic rings. The highest BCUT2D eigenvalue weighted by Gasteiger charge is 2.38. The van der Waals surface area contributed by atoms with Crippen molar-refractivity contribution in [2.75, 3.05) is 34.4 Å². The summed E-state index contributed by atoms with van der Waals surface area (Å²) in [5, 5.41) is 36.5. The Morgan fingerprint density at radius 1 is 0.667 bits per heavy atom. The lowest BCUT2D eigenvalue weighted by molar-refractivity contribution is -0.122. The first-order chi connectivity index (χ1) is 32.1. The summed E-state index contributed by atoms with van der Waals surface area (Å²) in [5.41, 5.74) is 7.02. The monoisotopic (exact) mass is 876 g/mol. The van der Waals surface area contributed by atoms with Gasteiger partial charge < -0.3 is 41.2 Å². The van der Waals surface area contributed by atoms with E-state index >= 15 is 0 Å². The normalized spacial score (nSPS) is 11.4. The average Bonchev–Trinajstić information content (AvgIpc) is 3.34. The van der Waals surface area contributed by atoms with Crippen molar-refractivity contribution >= 4 is 46.0 Å². The summed E-state index contributed by atoms with van der Waals surface area (Å²) in [6.07, 6.45) is 1.41. The number of nitrogens with one attached hydrogen (secondary N) is 5. The molecule has 0 aliphatic carbocycles. The molecule has 7 aromatic rings. The first-order valence-electron chi connectivity index (χ1n) is 21.7. The zero-order valence-electron chi connectivity index (χ0n) is 36.8. The van der Waals surface area contributed by atoms with E-state index in [2.05, 4.69) is 39.2 Å². The third kappa shape index (κ3) is 11.4. The van der Waals surface area contributed by atoms with Crippen LogP contribution in [-0.2, 0) is 10.3 Å². The molecule has 11 nitrogen and oxygen atoms in total. The molecular weight excluding hydrogens is 825 g/mol. The van der Waals surface area contributed by atoms with Crippen molar-refractivity contribution in [2.24, 2.45) is 0 Å². The van der Waals surface area contributed by atoms with Gasteiger partial charge in [-0.05, 0) is 115 Å². The van der Waals surface area contributed by atoms with Gasteiger partial charge in [-0.2, -0.15) is 5.26 Å². The van der Waals surface area contributed by atoms with Crippen LogP contribution >= 0.6 is 0 Å². The molecule has 66 heavy (non-hydrogen) atoms. The van der Waals surface area contributed by atoms with E-state index in [1.807, 2.05) is 166 Å². The third-order valence-corrected chi connectivity index (χ3v) is 10.7. The molecule has 11 heteroatoms. The van der Waals surface area contributed by atoms with E-state index in [-0.39, 0.29) is 48.1 Å². The number of carbonyl (C=O) groups excluding carboxylic acids is 1. The Morgan fingerprint density at radius 3 is 1.67 bits per heavy atom. The zero-order chi connectivity index (χ0) is 46.3. The first kappa shape index (κ1) is 45.5. The Morgan fingerprint density at radius 2 is 1.17 bits per heavy atom. The number of aromatic carboxylic acids is 1. The predicted molar refractivity (Wildman–Crippen MR) is 263 cm³/mol. The molecule has 332 valence electrons. The van der Waals surface area contributed by atoms with E-state index in [1.54, 1.807) is 24.3 Å². The number of amides is 1. The Hall–Kier alpha value is -8.49. The average molecular weight is 877 g/mol. The van der Waals surface area contributed by atoms with Gasteiger partial charge in [-0.3, -0.25) is 4.79 Å². The summed E-state index contributed by atoms with van der Waals surface area (Å²) in [6, 6.07) is 57.8. The number of carbonyl (C=O) groups is 2. The van der Waals surface area contributed by atoms with Crippen LogP contribution < -0.4 is 36.1 Å². The van der Waals surface area contributed by atoms with Gasteiger partial charge in [0.15, 0.2) is 11.5 Å². The molecule has 0 unspecified atom stereocenters. The molecule has 0 aliphatic heterocycles. The van der Waals surface area contributed by atoms with Crippen LogP contribution in [0.15, 0.2) is 189 Å². The van der Waals surface area contributed by atoms with Crippen molar-refractivity contribution in [3.63, 3.8) is 0 Å². The second kappa shape index (κ2) is 21.7. The Bertz CT molecular complexity index is 2650. The van der Waals surface area contributed by atoms with Crippen molar-refractivity contribution < 1.29 is 24.2 Å². The number of nitrogens with zero attached hydrogens (tertiary/aromatic N) is 1. The summed E-state index contributed by atoms with van der Waals surface area (Å²) >= 11 is 0. The fourth-order valence-corrected chi connectivity index (χ4v) is 7.66. The molecular formula is C55H52N6O5. The summed E-state index contributed by atoms with van der Waals surface area (Å²) < 4.78 is 11.9. The molecule has 0 bridgehead atoms. The SMILES string of the molecule is C=CCOc1c(C(=O)O)ccc(Nc2ccc(NC[C@H](CC(=O)NC(c3ccccc3)(c3ccccc3)c3ccccc3)Nc3ccc(Nc4ccc(C#N)cc4)cc3)cc2)c1OC(C)C. The molecule has 0 radical (unpaired) electrons. The van der Waals surface area contributed by atoms with Crippen molar-refractivity contribution in [3.8, 4) is 17.6 Å². The zero-order valence-corrected chi connectivity index (χ0v) is 36.8. The second-order valence-corrected chi connectivity index (χ2v) is 15.8. The highest BCUT2D eigenvalue weighted by atomic mass is 16.5.